The quantitative estimate of drug-likeness (QED) is 0.846. The summed E-state index contributed by atoms with van der Waals surface area (Å²) >= 11 is 0. The van der Waals surface area contributed by atoms with Crippen molar-refractivity contribution in [2.45, 2.75) is 70.3 Å². The lowest BCUT2D eigenvalue weighted by atomic mass is 9.48. The van der Waals surface area contributed by atoms with E-state index in [0.29, 0.717) is 5.41 Å². The predicted octanol–water partition coefficient (Wildman–Crippen LogP) is 4.37. The minimum absolute atomic E-state index is 0.124. The molecule has 4 bridgehead atoms. The lowest BCUT2D eigenvalue weighted by molar-refractivity contribution is -0.0630. The standard InChI is InChI=1S/C20H29NO/c22-19(2-1-15-4-7-21-8-5-15)3-6-20-12-16-9-17(13-20)11-18(10-16)14-20/h4-5,7-8,16-19,22H,1-3,6,9-14H2. The zero-order chi connectivity index (χ0) is 15.0. The van der Waals surface area contributed by atoms with Crippen molar-refractivity contribution in [3.63, 3.8) is 0 Å². The molecule has 1 aromatic heterocycles. The van der Waals surface area contributed by atoms with E-state index in [1.165, 1.54) is 50.5 Å². The van der Waals surface area contributed by atoms with Crippen LogP contribution in [0, 0.1) is 23.2 Å². The van der Waals surface area contributed by atoms with Gasteiger partial charge >= 0.3 is 0 Å². The van der Waals surface area contributed by atoms with Crippen LogP contribution >= 0.6 is 0 Å². The van der Waals surface area contributed by atoms with Crippen molar-refractivity contribution in [1.29, 1.82) is 0 Å². The summed E-state index contributed by atoms with van der Waals surface area (Å²) in [5.74, 6) is 3.08. The summed E-state index contributed by atoms with van der Waals surface area (Å²) in [5, 5.41) is 10.4. The first-order valence-corrected chi connectivity index (χ1v) is 9.28. The Kier molecular flexibility index (Phi) is 3.98. The van der Waals surface area contributed by atoms with Gasteiger partial charge in [-0.2, -0.15) is 0 Å². The second-order valence-corrected chi connectivity index (χ2v) is 8.50. The molecule has 0 spiro atoms. The van der Waals surface area contributed by atoms with Crippen LogP contribution in [0.15, 0.2) is 24.5 Å². The lowest BCUT2D eigenvalue weighted by Crippen LogP contribution is -2.46. The Hall–Kier alpha value is -0.890. The van der Waals surface area contributed by atoms with Gasteiger partial charge in [0.05, 0.1) is 6.10 Å². The smallest absolute Gasteiger partial charge is 0.0543 e. The zero-order valence-electron chi connectivity index (χ0n) is 13.6. The maximum atomic E-state index is 10.4. The SMILES string of the molecule is OC(CCc1ccncc1)CCC12CC3CC(CC(C3)C1)C2. The number of aromatic nitrogens is 1. The topological polar surface area (TPSA) is 33.1 Å². The molecule has 2 heteroatoms. The van der Waals surface area contributed by atoms with Crippen molar-refractivity contribution >= 4 is 0 Å². The molecule has 1 N–H and O–H groups in total. The van der Waals surface area contributed by atoms with Crippen molar-refractivity contribution in [2.24, 2.45) is 23.2 Å². The van der Waals surface area contributed by atoms with Crippen molar-refractivity contribution in [1.82, 2.24) is 4.98 Å². The number of hydrogen-bond donors (Lipinski definition) is 1. The van der Waals surface area contributed by atoms with E-state index in [1.54, 1.807) is 0 Å². The number of pyridine rings is 1. The Balaban J connectivity index is 1.27. The fraction of sp³-hybridized carbons (Fsp3) is 0.750. The highest BCUT2D eigenvalue weighted by Gasteiger charge is 2.50. The molecular formula is C20H29NO. The molecule has 0 aromatic carbocycles. The first-order chi connectivity index (χ1) is 10.7. The average molecular weight is 299 g/mol. The van der Waals surface area contributed by atoms with Crippen LogP contribution in [0.5, 0.6) is 0 Å². The van der Waals surface area contributed by atoms with Crippen molar-refractivity contribution < 1.29 is 5.11 Å². The van der Waals surface area contributed by atoms with Gasteiger partial charge in [0.15, 0.2) is 0 Å². The molecule has 1 atom stereocenters. The summed E-state index contributed by atoms with van der Waals surface area (Å²) in [6.45, 7) is 0. The van der Waals surface area contributed by atoms with Gasteiger partial charge in [-0.1, -0.05) is 0 Å². The highest BCUT2D eigenvalue weighted by atomic mass is 16.3. The minimum atomic E-state index is -0.124. The zero-order valence-corrected chi connectivity index (χ0v) is 13.6. The largest absolute Gasteiger partial charge is 0.393 e. The first-order valence-electron chi connectivity index (χ1n) is 9.28. The van der Waals surface area contributed by atoms with E-state index in [-0.39, 0.29) is 6.10 Å². The third-order valence-electron chi connectivity index (χ3n) is 6.69. The van der Waals surface area contributed by atoms with E-state index < -0.39 is 0 Å². The number of aryl methyl sites for hydroxylation is 1. The second-order valence-electron chi connectivity index (χ2n) is 8.50. The van der Waals surface area contributed by atoms with Gasteiger partial charge in [0, 0.05) is 12.4 Å². The molecule has 120 valence electrons. The molecule has 1 heterocycles. The summed E-state index contributed by atoms with van der Waals surface area (Å²) in [7, 11) is 0. The number of aliphatic hydroxyl groups is 1. The Labute approximate surface area is 134 Å². The minimum Gasteiger partial charge on any atom is -0.393 e. The second kappa shape index (κ2) is 5.96. The van der Waals surface area contributed by atoms with Crippen LogP contribution < -0.4 is 0 Å². The van der Waals surface area contributed by atoms with E-state index in [2.05, 4.69) is 17.1 Å². The number of rotatable bonds is 6. The Morgan fingerprint density at radius 2 is 1.59 bits per heavy atom. The maximum Gasteiger partial charge on any atom is 0.0543 e. The fourth-order valence-electron chi connectivity index (χ4n) is 6.10. The van der Waals surface area contributed by atoms with Crippen LogP contribution in [0.4, 0.5) is 0 Å². The molecule has 22 heavy (non-hydrogen) atoms. The molecule has 4 fully saturated rings. The van der Waals surface area contributed by atoms with Crippen molar-refractivity contribution in [3.05, 3.63) is 30.1 Å². The van der Waals surface area contributed by atoms with Crippen LogP contribution in [0.2, 0.25) is 0 Å². The third kappa shape index (κ3) is 3.08. The molecule has 0 saturated heterocycles. The van der Waals surface area contributed by atoms with Gasteiger partial charge in [0.2, 0.25) is 0 Å². The van der Waals surface area contributed by atoms with E-state index in [9.17, 15) is 5.11 Å². The Morgan fingerprint density at radius 3 is 2.18 bits per heavy atom. The van der Waals surface area contributed by atoms with Gasteiger partial charge in [-0.05, 0) is 105 Å². The molecule has 2 nitrogen and oxygen atoms in total. The number of hydrogen-bond acceptors (Lipinski definition) is 2. The van der Waals surface area contributed by atoms with Crippen LogP contribution in [-0.4, -0.2) is 16.2 Å². The predicted molar refractivity (Wildman–Crippen MR) is 88.4 cm³/mol. The number of nitrogens with zero attached hydrogens (tertiary/aromatic N) is 1. The molecule has 4 saturated carbocycles. The summed E-state index contributed by atoms with van der Waals surface area (Å²) in [6.07, 6.45) is 16.7. The third-order valence-corrected chi connectivity index (χ3v) is 6.69. The normalized spacial score (nSPS) is 37.4. The average Bonchev–Trinajstić information content (AvgIpc) is 2.51. The molecule has 0 aliphatic heterocycles. The summed E-state index contributed by atoms with van der Waals surface area (Å²) in [5.41, 5.74) is 1.91. The molecule has 0 amide bonds. The van der Waals surface area contributed by atoms with Crippen molar-refractivity contribution in [2.75, 3.05) is 0 Å². The molecular weight excluding hydrogens is 270 g/mol. The Morgan fingerprint density at radius 1 is 1.00 bits per heavy atom. The Bertz CT molecular complexity index is 462. The molecule has 1 aromatic rings. The molecule has 4 aliphatic rings. The van der Waals surface area contributed by atoms with Gasteiger partial charge in [-0.3, -0.25) is 4.98 Å². The van der Waals surface area contributed by atoms with Gasteiger partial charge in [0.1, 0.15) is 0 Å². The highest BCUT2D eigenvalue weighted by molar-refractivity contribution is 5.09. The molecule has 0 radical (unpaired) electrons. The van der Waals surface area contributed by atoms with Crippen LogP contribution in [0.1, 0.15) is 63.4 Å². The summed E-state index contributed by atoms with van der Waals surface area (Å²) in [4.78, 5) is 4.05. The van der Waals surface area contributed by atoms with Crippen LogP contribution in [0.3, 0.4) is 0 Å². The van der Waals surface area contributed by atoms with Gasteiger partial charge < -0.3 is 5.11 Å². The van der Waals surface area contributed by atoms with E-state index in [0.717, 1.165) is 37.0 Å². The number of aliphatic hydroxyl groups excluding tert-OH is 1. The summed E-state index contributed by atoms with van der Waals surface area (Å²) in [6, 6.07) is 4.12. The van der Waals surface area contributed by atoms with Gasteiger partial charge in [-0.15, -0.1) is 0 Å². The molecule has 5 rings (SSSR count). The lowest BCUT2D eigenvalue weighted by Gasteiger charge is -2.57. The van der Waals surface area contributed by atoms with Gasteiger partial charge in [0.25, 0.3) is 0 Å². The monoisotopic (exact) mass is 299 g/mol. The van der Waals surface area contributed by atoms with Crippen molar-refractivity contribution in [3.8, 4) is 0 Å². The fourth-order valence-corrected chi connectivity index (χ4v) is 6.10. The highest BCUT2D eigenvalue weighted by Crippen LogP contribution is 2.61. The molecule has 1 unspecified atom stereocenters. The van der Waals surface area contributed by atoms with E-state index in [4.69, 9.17) is 0 Å². The first kappa shape index (κ1) is 14.7. The summed E-state index contributed by atoms with van der Waals surface area (Å²) < 4.78 is 0. The molecule has 4 aliphatic carbocycles. The van der Waals surface area contributed by atoms with Crippen LogP contribution in [-0.2, 0) is 6.42 Å². The van der Waals surface area contributed by atoms with E-state index in [1.807, 2.05) is 12.4 Å². The van der Waals surface area contributed by atoms with Gasteiger partial charge in [-0.25, -0.2) is 0 Å². The maximum absolute atomic E-state index is 10.4. The van der Waals surface area contributed by atoms with E-state index >= 15 is 0 Å². The van der Waals surface area contributed by atoms with Crippen LogP contribution in [0.25, 0.3) is 0 Å².